The highest BCUT2D eigenvalue weighted by atomic mass is 16.1. The van der Waals surface area contributed by atoms with Gasteiger partial charge in [-0.2, -0.15) is 5.10 Å². The summed E-state index contributed by atoms with van der Waals surface area (Å²) in [6.07, 6.45) is 2.23. The van der Waals surface area contributed by atoms with Crippen molar-refractivity contribution in [3.8, 4) is 0 Å². The molecule has 1 atom stereocenters. The van der Waals surface area contributed by atoms with Crippen LogP contribution in [0.1, 0.15) is 28.4 Å². The van der Waals surface area contributed by atoms with Gasteiger partial charge in [0.2, 0.25) is 0 Å². The fourth-order valence-corrected chi connectivity index (χ4v) is 3.18. The lowest BCUT2D eigenvalue weighted by Crippen LogP contribution is -2.16. The minimum absolute atomic E-state index is 0.119. The van der Waals surface area contributed by atoms with E-state index in [0.717, 1.165) is 22.0 Å². The number of hydrogen-bond donors (Lipinski definition) is 0. The van der Waals surface area contributed by atoms with Gasteiger partial charge in [0.1, 0.15) is 0 Å². The fraction of sp³-hybridized carbons (Fsp3) is 0.0909. The third-order valence-corrected chi connectivity index (χ3v) is 4.46. The average Bonchev–Trinajstić information content (AvgIpc) is 3.11. The monoisotopic (exact) mass is 326 g/mol. The SMILES string of the molecule is O=C(CC(c1ccccc1)n1ncc2ccccc21)c1ccccc1. The molecule has 0 aliphatic rings. The Kier molecular flexibility index (Phi) is 4.13. The second-order valence-electron chi connectivity index (χ2n) is 6.07. The van der Waals surface area contributed by atoms with Gasteiger partial charge < -0.3 is 0 Å². The van der Waals surface area contributed by atoms with Gasteiger partial charge in [-0.1, -0.05) is 78.9 Å². The van der Waals surface area contributed by atoms with E-state index >= 15 is 0 Å². The molecular weight excluding hydrogens is 308 g/mol. The number of Topliss-reactive ketones (excluding diaryl/α,β-unsaturated/α-hetero) is 1. The summed E-state index contributed by atoms with van der Waals surface area (Å²) in [6, 6.07) is 27.5. The van der Waals surface area contributed by atoms with Gasteiger partial charge in [-0.05, 0) is 11.6 Å². The van der Waals surface area contributed by atoms with Crippen LogP contribution < -0.4 is 0 Å². The molecule has 0 aliphatic carbocycles. The Hall–Kier alpha value is -3.20. The molecule has 3 aromatic carbocycles. The third-order valence-electron chi connectivity index (χ3n) is 4.46. The number of aromatic nitrogens is 2. The maximum atomic E-state index is 12.8. The summed E-state index contributed by atoms with van der Waals surface area (Å²) in [7, 11) is 0. The normalized spacial score (nSPS) is 12.2. The van der Waals surface area contributed by atoms with Crippen LogP contribution in [0, 0.1) is 0 Å². The maximum Gasteiger partial charge on any atom is 0.165 e. The van der Waals surface area contributed by atoms with E-state index in [1.54, 1.807) is 0 Å². The highest BCUT2D eigenvalue weighted by molar-refractivity contribution is 5.96. The van der Waals surface area contributed by atoms with Crippen molar-refractivity contribution in [1.29, 1.82) is 0 Å². The van der Waals surface area contributed by atoms with Crippen molar-refractivity contribution in [3.05, 3.63) is 102 Å². The Labute approximate surface area is 146 Å². The molecule has 0 saturated heterocycles. The van der Waals surface area contributed by atoms with Gasteiger partial charge in [-0.15, -0.1) is 0 Å². The number of ketones is 1. The van der Waals surface area contributed by atoms with Crippen LogP contribution in [0.4, 0.5) is 0 Å². The average molecular weight is 326 g/mol. The number of benzene rings is 3. The number of para-hydroxylation sites is 1. The van der Waals surface area contributed by atoms with Gasteiger partial charge >= 0.3 is 0 Å². The zero-order valence-electron chi connectivity index (χ0n) is 13.7. The van der Waals surface area contributed by atoms with Crippen LogP contribution in [-0.4, -0.2) is 15.6 Å². The second-order valence-corrected chi connectivity index (χ2v) is 6.07. The highest BCUT2D eigenvalue weighted by Crippen LogP contribution is 2.27. The zero-order valence-corrected chi connectivity index (χ0v) is 13.7. The zero-order chi connectivity index (χ0) is 17.1. The molecule has 4 rings (SSSR count). The Morgan fingerprint density at radius 3 is 2.24 bits per heavy atom. The van der Waals surface area contributed by atoms with E-state index < -0.39 is 0 Å². The Balaban J connectivity index is 1.76. The minimum atomic E-state index is -0.131. The summed E-state index contributed by atoms with van der Waals surface area (Å²) in [5.41, 5.74) is 2.86. The number of hydrogen-bond acceptors (Lipinski definition) is 2. The molecule has 3 nitrogen and oxygen atoms in total. The topological polar surface area (TPSA) is 34.9 Å². The molecule has 122 valence electrons. The molecule has 0 N–H and O–H groups in total. The van der Waals surface area contributed by atoms with Crippen LogP contribution in [0.15, 0.2) is 91.1 Å². The molecule has 0 spiro atoms. The molecule has 0 amide bonds. The van der Waals surface area contributed by atoms with Crippen molar-refractivity contribution < 1.29 is 4.79 Å². The first-order valence-electron chi connectivity index (χ1n) is 8.38. The summed E-state index contributed by atoms with van der Waals surface area (Å²) in [6.45, 7) is 0. The van der Waals surface area contributed by atoms with Gasteiger partial charge in [0.25, 0.3) is 0 Å². The lowest BCUT2D eigenvalue weighted by Gasteiger charge is -2.19. The highest BCUT2D eigenvalue weighted by Gasteiger charge is 2.21. The quantitative estimate of drug-likeness (QED) is 0.489. The van der Waals surface area contributed by atoms with E-state index in [1.165, 1.54) is 0 Å². The van der Waals surface area contributed by atoms with Crippen LogP contribution in [0.25, 0.3) is 10.9 Å². The summed E-state index contributed by atoms with van der Waals surface area (Å²) >= 11 is 0. The van der Waals surface area contributed by atoms with Crippen molar-refractivity contribution in [2.75, 3.05) is 0 Å². The number of nitrogens with zero attached hydrogens (tertiary/aromatic N) is 2. The fourth-order valence-electron chi connectivity index (χ4n) is 3.18. The van der Waals surface area contributed by atoms with Crippen LogP contribution in [0.3, 0.4) is 0 Å². The van der Waals surface area contributed by atoms with Gasteiger partial charge in [-0.25, -0.2) is 0 Å². The largest absolute Gasteiger partial charge is 0.294 e. The molecule has 0 saturated carbocycles. The Morgan fingerprint density at radius 2 is 1.48 bits per heavy atom. The van der Waals surface area contributed by atoms with Gasteiger partial charge in [0.05, 0.1) is 17.8 Å². The molecule has 1 heterocycles. The van der Waals surface area contributed by atoms with Gasteiger partial charge in [0, 0.05) is 17.4 Å². The van der Waals surface area contributed by atoms with Crippen molar-refractivity contribution in [2.24, 2.45) is 0 Å². The summed E-state index contributed by atoms with van der Waals surface area (Å²) in [5, 5.41) is 5.66. The van der Waals surface area contributed by atoms with Crippen LogP contribution >= 0.6 is 0 Å². The van der Waals surface area contributed by atoms with Gasteiger partial charge in [-0.3, -0.25) is 9.48 Å². The molecule has 1 unspecified atom stereocenters. The van der Waals surface area contributed by atoms with Crippen LogP contribution in [-0.2, 0) is 0 Å². The first-order valence-corrected chi connectivity index (χ1v) is 8.38. The van der Waals surface area contributed by atoms with Crippen molar-refractivity contribution in [3.63, 3.8) is 0 Å². The van der Waals surface area contributed by atoms with E-state index in [2.05, 4.69) is 17.2 Å². The van der Waals surface area contributed by atoms with Crippen molar-refractivity contribution >= 4 is 16.7 Å². The molecule has 4 aromatic rings. The second kappa shape index (κ2) is 6.73. The first-order chi connectivity index (χ1) is 12.3. The molecular formula is C22H18N2O. The lowest BCUT2D eigenvalue weighted by atomic mass is 9.98. The number of rotatable bonds is 5. The van der Waals surface area contributed by atoms with Crippen molar-refractivity contribution in [1.82, 2.24) is 9.78 Å². The molecule has 3 heteroatoms. The molecule has 0 bridgehead atoms. The predicted molar refractivity (Wildman–Crippen MR) is 99.7 cm³/mol. The molecule has 0 fully saturated rings. The van der Waals surface area contributed by atoms with Crippen molar-refractivity contribution in [2.45, 2.75) is 12.5 Å². The number of carbonyl (C=O) groups excluding carboxylic acids is 1. The standard InChI is InChI=1S/C22H18N2O/c25-22(18-11-5-2-6-12-18)15-21(17-9-3-1-4-10-17)24-20-14-8-7-13-19(20)16-23-24/h1-14,16,21H,15H2. The summed E-state index contributed by atoms with van der Waals surface area (Å²) in [4.78, 5) is 12.8. The lowest BCUT2D eigenvalue weighted by molar-refractivity contribution is 0.0968. The van der Waals surface area contributed by atoms with E-state index in [-0.39, 0.29) is 11.8 Å². The maximum absolute atomic E-state index is 12.8. The minimum Gasteiger partial charge on any atom is -0.294 e. The molecule has 0 radical (unpaired) electrons. The Bertz CT molecular complexity index is 990. The smallest absolute Gasteiger partial charge is 0.165 e. The van der Waals surface area contributed by atoms with Crippen LogP contribution in [0.2, 0.25) is 0 Å². The summed E-state index contributed by atoms with van der Waals surface area (Å²) < 4.78 is 1.96. The number of fused-ring (bicyclic) bond motifs is 1. The first kappa shape index (κ1) is 15.3. The number of carbonyl (C=O) groups is 1. The molecule has 0 aliphatic heterocycles. The predicted octanol–water partition coefficient (Wildman–Crippen LogP) is 4.90. The summed E-state index contributed by atoms with van der Waals surface area (Å²) in [5.74, 6) is 0.119. The molecule has 25 heavy (non-hydrogen) atoms. The van der Waals surface area contributed by atoms with E-state index in [4.69, 9.17) is 0 Å². The van der Waals surface area contributed by atoms with E-state index in [0.29, 0.717) is 6.42 Å². The third kappa shape index (κ3) is 3.09. The van der Waals surface area contributed by atoms with Crippen LogP contribution in [0.5, 0.6) is 0 Å². The van der Waals surface area contributed by atoms with E-state index in [9.17, 15) is 4.79 Å². The molecule has 1 aromatic heterocycles. The van der Waals surface area contributed by atoms with Gasteiger partial charge in [0.15, 0.2) is 5.78 Å². The Morgan fingerprint density at radius 1 is 0.840 bits per heavy atom. The van der Waals surface area contributed by atoms with E-state index in [1.807, 2.05) is 83.7 Å².